The van der Waals surface area contributed by atoms with Crippen molar-refractivity contribution in [3.05, 3.63) is 39.4 Å². The van der Waals surface area contributed by atoms with Crippen LogP contribution < -0.4 is 0 Å². The van der Waals surface area contributed by atoms with Gasteiger partial charge in [-0.3, -0.25) is 14.9 Å². The van der Waals surface area contributed by atoms with E-state index in [1.807, 2.05) is 0 Å². The van der Waals surface area contributed by atoms with Gasteiger partial charge in [0.2, 0.25) is 0 Å². The topological polar surface area (TPSA) is 80.4 Å². The van der Waals surface area contributed by atoms with Gasteiger partial charge >= 0.3 is 12.1 Å². The molecule has 0 aromatic heterocycles. The Labute approximate surface area is 92.6 Å². The molecular weight excluding hydrogens is 243 g/mol. The average Bonchev–Trinajstić information content (AvgIpc) is 2.14. The molecule has 5 nitrogen and oxygen atoms in total. The van der Waals surface area contributed by atoms with E-state index in [1.54, 1.807) is 0 Å². The van der Waals surface area contributed by atoms with Crippen LogP contribution in [0.3, 0.4) is 0 Å². The van der Waals surface area contributed by atoms with Gasteiger partial charge in [-0.25, -0.2) is 0 Å². The number of carboxylic acid groups (broad SMARTS) is 1. The summed E-state index contributed by atoms with van der Waals surface area (Å²) in [4.78, 5) is 19.9. The summed E-state index contributed by atoms with van der Waals surface area (Å²) in [6, 6.07) is 1.82. The number of benzene rings is 1. The molecule has 92 valence electrons. The third-order valence-corrected chi connectivity index (χ3v) is 1.95. The molecule has 0 spiro atoms. The standard InChI is InChI=1S/C9H6F3NO4/c10-9(11,12)7-2-1-6(13(16)17)3-5(7)4-8(14)15/h1-3H,4H2,(H,14,15). The zero-order valence-corrected chi connectivity index (χ0v) is 8.19. The van der Waals surface area contributed by atoms with E-state index in [9.17, 15) is 28.1 Å². The van der Waals surface area contributed by atoms with E-state index in [4.69, 9.17) is 5.11 Å². The van der Waals surface area contributed by atoms with E-state index in [0.717, 1.165) is 0 Å². The molecule has 0 fully saturated rings. The van der Waals surface area contributed by atoms with Gasteiger partial charge in [0.15, 0.2) is 0 Å². The second-order valence-electron chi connectivity index (χ2n) is 3.17. The van der Waals surface area contributed by atoms with Crippen molar-refractivity contribution in [1.82, 2.24) is 0 Å². The lowest BCUT2D eigenvalue weighted by molar-refractivity contribution is -0.385. The maximum absolute atomic E-state index is 12.5. The van der Waals surface area contributed by atoms with Crippen LogP contribution in [0.5, 0.6) is 0 Å². The minimum atomic E-state index is -4.74. The van der Waals surface area contributed by atoms with Crippen molar-refractivity contribution < 1.29 is 28.0 Å². The molecule has 0 radical (unpaired) electrons. The second kappa shape index (κ2) is 4.40. The summed E-state index contributed by atoms with van der Waals surface area (Å²) in [6.45, 7) is 0. The zero-order chi connectivity index (χ0) is 13.2. The summed E-state index contributed by atoms with van der Waals surface area (Å²) in [5.41, 5.74) is -2.38. The quantitative estimate of drug-likeness (QED) is 0.658. The molecule has 0 saturated carbocycles. The van der Waals surface area contributed by atoms with Gasteiger partial charge in [-0.2, -0.15) is 13.2 Å². The maximum Gasteiger partial charge on any atom is 0.416 e. The van der Waals surface area contributed by atoms with Crippen LogP contribution in [0.1, 0.15) is 11.1 Å². The molecule has 0 unspecified atom stereocenters. The molecule has 0 aliphatic carbocycles. The molecule has 0 bridgehead atoms. The highest BCUT2D eigenvalue weighted by Gasteiger charge is 2.34. The van der Waals surface area contributed by atoms with Gasteiger partial charge < -0.3 is 5.11 Å². The van der Waals surface area contributed by atoms with Crippen LogP contribution in [0, 0.1) is 10.1 Å². The molecule has 0 saturated heterocycles. The smallest absolute Gasteiger partial charge is 0.416 e. The molecule has 8 heteroatoms. The third-order valence-electron chi connectivity index (χ3n) is 1.95. The van der Waals surface area contributed by atoms with Crippen molar-refractivity contribution in [2.45, 2.75) is 12.6 Å². The van der Waals surface area contributed by atoms with Gasteiger partial charge in [-0.05, 0) is 11.6 Å². The van der Waals surface area contributed by atoms with Crippen LogP contribution >= 0.6 is 0 Å². The Hall–Kier alpha value is -2.12. The Morgan fingerprint density at radius 1 is 1.41 bits per heavy atom. The third kappa shape index (κ3) is 3.16. The van der Waals surface area contributed by atoms with E-state index in [-0.39, 0.29) is 0 Å². The Bertz CT molecular complexity index is 470. The number of carboxylic acids is 1. The molecule has 1 N–H and O–H groups in total. The van der Waals surface area contributed by atoms with Gasteiger partial charge in [0.1, 0.15) is 0 Å². The highest BCUT2D eigenvalue weighted by atomic mass is 19.4. The van der Waals surface area contributed by atoms with Gasteiger partial charge in [0.05, 0.1) is 16.9 Å². The van der Waals surface area contributed by atoms with Gasteiger partial charge in [-0.15, -0.1) is 0 Å². The number of hydrogen-bond donors (Lipinski definition) is 1. The van der Waals surface area contributed by atoms with Crippen LogP contribution in [0.25, 0.3) is 0 Å². The molecule has 17 heavy (non-hydrogen) atoms. The molecule has 0 amide bonds. The SMILES string of the molecule is O=C(O)Cc1cc([N+](=O)[O-])ccc1C(F)(F)F. The number of alkyl halides is 3. The highest BCUT2D eigenvalue weighted by molar-refractivity contribution is 5.71. The van der Waals surface area contributed by atoms with Crippen molar-refractivity contribution >= 4 is 11.7 Å². The number of nitro groups is 1. The lowest BCUT2D eigenvalue weighted by atomic mass is 10.0. The lowest BCUT2D eigenvalue weighted by Crippen LogP contribution is -2.12. The first-order valence-corrected chi connectivity index (χ1v) is 4.28. The van der Waals surface area contributed by atoms with Crippen LogP contribution in [0.15, 0.2) is 18.2 Å². The minimum Gasteiger partial charge on any atom is -0.481 e. The molecule has 1 rings (SSSR count). The Morgan fingerprint density at radius 3 is 2.41 bits per heavy atom. The Balaban J connectivity index is 3.31. The maximum atomic E-state index is 12.5. The fourth-order valence-corrected chi connectivity index (χ4v) is 1.28. The number of rotatable bonds is 3. The van der Waals surface area contributed by atoms with E-state index >= 15 is 0 Å². The Morgan fingerprint density at radius 2 is 2.00 bits per heavy atom. The van der Waals surface area contributed by atoms with E-state index in [0.29, 0.717) is 18.2 Å². The molecular formula is C9H6F3NO4. The monoisotopic (exact) mass is 249 g/mol. The molecule has 0 atom stereocenters. The normalized spacial score (nSPS) is 11.2. The van der Waals surface area contributed by atoms with Crippen LogP contribution in [0.4, 0.5) is 18.9 Å². The number of halogens is 3. The molecule has 0 aliphatic heterocycles. The fraction of sp³-hybridized carbons (Fsp3) is 0.222. The van der Waals surface area contributed by atoms with Crippen molar-refractivity contribution in [2.75, 3.05) is 0 Å². The first-order chi connectivity index (χ1) is 7.71. The molecule has 1 aromatic rings. The van der Waals surface area contributed by atoms with Gasteiger partial charge in [0, 0.05) is 12.1 Å². The highest BCUT2D eigenvalue weighted by Crippen LogP contribution is 2.33. The summed E-state index contributed by atoms with van der Waals surface area (Å²) in [5, 5.41) is 18.8. The lowest BCUT2D eigenvalue weighted by Gasteiger charge is -2.10. The van der Waals surface area contributed by atoms with E-state index in [1.165, 1.54) is 0 Å². The second-order valence-corrected chi connectivity index (χ2v) is 3.17. The first-order valence-electron chi connectivity index (χ1n) is 4.28. The van der Waals surface area contributed by atoms with Crippen LogP contribution in [0.2, 0.25) is 0 Å². The zero-order valence-electron chi connectivity index (χ0n) is 8.19. The number of carbonyl (C=O) groups is 1. The number of nitrogens with zero attached hydrogens (tertiary/aromatic N) is 1. The van der Waals surface area contributed by atoms with E-state index in [2.05, 4.69) is 0 Å². The average molecular weight is 249 g/mol. The largest absolute Gasteiger partial charge is 0.481 e. The summed E-state index contributed by atoms with van der Waals surface area (Å²) in [5.74, 6) is -1.49. The van der Waals surface area contributed by atoms with Gasteiger partial charge in [-0.1, -0.05) is 0 Å². The molecule has 0 heterocycles. The fourth-order valence-electron chi connectivity index (χ4n) is 1.28. The Kier molecular flexibility index (Phi) is 3.35. The van der Waals surface area contributed by atoms with Crippen LogP contribution in [-0.2, 0) is 17.4 Å². The molecule has 1 aromatic carbocycles. The number of nitro benzene ring substituents is 1. The predicted octanol–water partition coefficient (Wildman–Crippen LogP) is 2.24. The number of aliphatic carboxylic acids is 1. The van der Waals surface area contributed by atoms with Crippen LogP contribution in [-0.4, -0.2) is 16.0 Å². The summed E-state index contributed by atoms with van der Waals surface area (Å²) >= 11 is 0. The van der Waals surface area contributed by atoms with Crippen molar-refractivity contribution in [3.63, 3.8) is 0 Å². The summed E-state index contributed by atoms with van der Waals surface area (Å²) in [6.07, 6.45) is -5.66. The predicted molar refractivity (Wildman–Crippen MR) is 49.4 cm³/mol. The number of non-ortho nitro benzene ring substituents is 1. The summed E-state index contributed by atoms with van der Waals surface area (Å²) in [7, 11) is 0. The van der Waals surface area contributed by atoms with Crippen molar-refractivity contribution in [2.24, 2.45) is 0 Å². The first kappa shape index (κ1) is 12.9. The van der Waals surface area contributed by atoms with Crippen molar-refractivity contribution in [3.8, 4) is 0 Å². The molecule has 0 aliphatic rings. The van der Waals surface area contributed by atoms with Gasteiger partial charge in [0.25, 0.3) is 5.69 Å². The van der Waals surface area contributed by atoms with E-state index < -0.39 is 40.3 Å². The minimum absolute atomic E-state index is 0.510. The number of hydrogen-bond acceptors (Lipinski definition) is 3. The van der Waals surface area contributed by atoms with Crippen molar-refractivity contribution in [1.29, 1.82) is 0 Å². The summed E-state index contributed by atoms with van der Waals surface area (Å²) < 4.78 is 37.4.